The molecule has 2 aromatic rings. The molecule has 3 rings (SSSR count). The second-order valence-electron chi connectivity index (χ2n) is 6.32. The summed E-state index contributed by atoms with van der Waals surface area (Å²) in [5.41, 5.74) is 2.76. The molecule has 1 aliphatic heterocycles. The number of carbonyl (C=O) groups excluding carboxylic acids is 1. The van der Waals surface area contributed by atoms with Gasteiger partial charge in [-0.3, -0.25) is 10.00 Å². The molecule has 7 nitrogen and oxygen atoms in total. The summed E-state index contributed by atoms with van der Waals surface area (Å²) in [5, 5.41) is 13.5. The molecule has 0 saturated carbocycles. The number of hydrogen-bond acceptors (Lipinski definition) is 4. The second-order valence-corrected chi connectivity index (χ2v) is 6.32. The predicted octanol–water partition coefficient (Wildman–Crippen LogP) is 2.65. The van der Waals surface area contributed by atoms with Crippen molar-refractivity contribution >= 4 is 17.5 Å². The quantitative estimate of drug-likeness (QED) is 0.759. The Balaban J connectivity index is 1.39. The summed E-state index contributed by atoms with van der Waals surface area (Å²) in [6.45, 7) is 5.54. The van der Waals surface area contributed by atoms with Gasteiger partial charge in [0.25, 0.3) is 0 Å². The van der Waals surface area contributed by atoms with Crippen LogP contribution in [0.1, 0.15) is 31.7 Å². The van der Waals surface area contributed by atoms with Crippen LogP contribution < -0.4 is 15.5 Å². The van der Waals surface area contributed by atoms with Gasteiger partial charge in [0.2, 0.25) is 0 Å². The largest absolute Gasteiger partial charge is 0.371 e. The number of nitrogens with zero attached hydrogens (tertiary/aromatic N) is 4. The van der Waals surface area contributed by atoms with Crippen LogP contribution in [0.15, 0.2) is 30.5 Å². The molecule has 7 heteroatoms. The van der Waals surface area contributed by atoms with E-state index in [4.69, 9.17) is 0 Å². The van der Waals surface area contributed by atoms with Crippen LogP contribution in [0.3, 0.4) is 0 Å². The summed E-state index contributed by atoms with van der Waals surface area (Å²) in [6.07, 6.45) is 5.98. The lowest BCUT2D eigenvalue weighted by atomic mass is 10.0. The van der Waals surface area contributed by atoms with E-state index in [1.54, 1.807) is 10.9 Å². The highest BCUT2D eigenvalue weighted by Crippen LogP contribution is 2.26. The number of anilines is 2. The summed E-state index contributed by atoms with van der Waals surface area (Å²) in [5.74, 6) is 0.482. The highest BCUT2D eigenvalue weighted by Gasteiger charge is 2.15. The normalized spacial score (nSPS) is 13.4. The number of carbonyl (C=O) groups is 1. The predicted molar refractivity (Wildman–Crippen MR) is 98.9 cm³/mol. The van der Waals surface area contributed by atoms with Gasteiger partial charge in [0, 0.05) is 31.9 Å². The summed E-state index contributed by atoms with van der Waals surface area (Å²) < 4.78 is 1.73. The van der Waals surface area contributed by atoms with Crippen LogP contribution in [0.4, 0.5) is 16.3 Å². The van der Waals surface area contributed by atoms with Gasteiger partial charge < -0.3 is 10.2 Å². The SMILES string of the molecule is CCCn1cc(NC(=O)NCCCN2CCCc3ccccc32)nn1. The van der Waals surface area contributed by atoms with E-state index in [1.807, 2.05) is 0 Å². The number of amides is 2. The number of hydrogen-bond donors (Lipinski definition) is 2. The van der Waals surface area contributed by atoms with Crippen molar-refractivity contribution < 1.29 is 4.79 Å². The number of aromatic nitrogens is 3. The van der Waals surface area contributed by atoms with Crippen molar-refractivity contribution in [2.75, 3.05) is 29.9 Å². The molecular weight excluding hydrogens is 316 g/mol. The van der Waals surface area contributed by atoms with E-state index >= 15 is 0 Å². The lowest BCUT2D eigenvalue weighted by Crippen LogP contribution is -2.34. The Morgan fingerprint density at radius 2 is 2.16 bits per heavy atom. The first kappa shape index (κ1) is 17.3. The number of nitrogens with one attached hydrogen (secondary N) is 2. The van der Waals surface area contributed by atoms with Crippen LogP contribution in [0.25, 0.3) is 0 Å². The number of aryl methyl sites for hydroxylation is 2. The molecule has 1 aliphatic rings. The Labute approximate surface area is 148 Å². The first-order chi connectivity index (χ1) is 12.3. The second kappa shape index (κ2) is 8.50. The molecule has 0 fully saturated rings. The number of rotatable bonds is 7. The molecule has 0 atom stereocenters. The number of para-hydroxylation sites is 1. The lowest BCUT2D eigenvalue weighted by molar-refractivity contribution is 0.252. The molecule has 0 radical (unpaired) electrons. The monoisotopic (exact) mass is 342 g/mol. The van der Waals surface area contributed by atoms with Crippen molar-refractivity contribution in [3.05, 3.63) is 36.0 Å². The van der Waals surface area contributed by atoms with Gasteiger partial charge in [0.05, 0.1) is 6.20 Å². The van der Waals surface area contributed by atoms with Crippen LogP contribution in [0.2, 0.25) is 0 Å². The van der Waals surface area contributed by atoms with Gasteiger partial charge in [-0.05, 0) is 37.3 Å². The smallest absolute Gasteiger partial charge is 0.320 e. The van der Waals surface area contributed by atoms with E-state index in [-0.39, 0.29) is 6.03 Å². The van der Waals surface area contributed by atoms with E-state index in [0.717, 1.165) is 38.9 Å². The Morgan fingerprint density at radius 1 is 1.28 bits per heavy atom. The van der Waals surface area contributed by atoms with Crippen molar-refractivity contribution in [3.63, 3.8) is 0 Å². The zero-order valence-electron chi connectivity index (χ0n) is 14.7. The topological polar surface area (TPSA) is 75.1 Å². The van der Waals surface area contributed by atoms with Gasteiger partial charge in [-0.2, -0.15) is 0 Å². The Kier molecular flexibility index (Phi) is 5.87. The molecule has 25 heavy (non-hydrogen) atoms. The first-order valence-electron chi connectivity index (χ1n) is 9.04. The standard InChI is InChI=1S/C18H26N6O/c1-2-11-24-14-17(21-22-24)20-18(25)19-10-6-13-23-12-5-8-15-7-3-4-9-16(15)23/h3-4,7,9,14H,2,5-6,8,10-13H2,1H3,(H2,19,20,25). The van der Waals surface area contributed by atoms with Gasteiger partial charge in [0.1, 0.15) is 0 Å². The maximum atomic E-state index is 11.9. The summed E-state index contributed by atoms with van der Waals surface area (Å²) >= 11 is 0. The Hall–Kier alpha value is -2.57. The fourth-order valence-electron chi connectivity index (χ4n) is 3.17. The van der Waals surface area contributed by atoms with E-state index in [1.165, 1.54) is 17.7 Å². The summed E-state index contributed by atoms with van der Waals surface area (Å²) in [4.78, 5) is 14.3. The molecule has 2 N–H and O–H groups in total. The first-order valence-corrected chi connectivity index (χ1v) is 9.04. The third-order valence-corrected chi connectivity index (χ3v) is 4.33. The molecule has 0 spiro atoms. The van der Waals surface area contributed by atoms with Gasteiger partial charge in [-0.15, -0.1) is 5.10 Å². The number of benzene rings is 1. The van der Waals surface area contributed by atoms with Crippen molar-refractivity contribution in [2.24, 2.45) is 0 Å². The highest BCUT2D eigenvalue weighted by molar-refractivity contribution is 5.87. The molecule has 0 saturated heterocycles. The molecule has 2 amide bonds. The van der Waals surface area contributed by atoms with E-state index in [9.17, 15) is 4.79 Å². The average Bonchev–Trinajstić information content (AvgIpc) is 3.06. The molecule has 2 heterocycles. The van der Waals surface area contributed by atoms with Crippen molar-refractivity contribution in [2.45, 2.75) is 39.2 Å². The molecule has 1 aromatic heterocycles. The van der Waals surface area contributed by atoms with E-state index in [2.05, 4.69) is 57.0 Å². The van der Waals surface area contributed by atoms with E-state index < -0.39 is 0 Å². The molecular formula is C18H26N6O. The highest BCUT2D eigenvalue weighted by atomic mass is 16.2. The number of urea groups is 1. The maximum Gasteiger partial charge on any atom is 0.320 e. The van der Waals surface area contributed by atoms with Crippen LogP contribution in [-0.4, -0.2) is 40.7 Å². The summed E-state index contributed by atoms with van der Waals surface area (Å²) in [7, 11) is 0. The lowest BCUT2D eigenvalue weighted by Gasteiger charge is -2.31. The van der Waals surface area contributed by atoms with Crippen molar-refractivity contribution in [3.8, 4) is 0 Å². The molecule has 0 bridgehead atoms. The zero-order chi connectivity index (χ0) is 17.5. The van der Waals surface area contributed by atoms with Crippen molar-refractivity contribution in [1.29, 1.82) is 0 Å². The molecule has 134 valence electrons. The van der Waals surface area contributed by atoms with E-state index in [0.29, 0.717) is 12.4 Å². The third-order valence-electron chi connectivity index (χ3n) is 4.33. The maximum absolute atomic E-state index is 11.9. The molecule has 0 unspecified atom stereocenters. The minimum Gasteiger partial charge on any atom is -0.371 e. The minimum absolute atomic E-state index is 0.234. The summed E-state index contributed by atoms with van der Waals surface area (Å²) in [6, 6.07) is 8.36. The Bertz CT molecular complexity index is 698. The molecule has 0 aliphatic carbocycles. The third kappa shape index (κ3) is 4.71. The fourth-order valence-corrected chi connectivity index (χ4v) is 3.17. The van der Waals surface area contributed by atoms with Gasteiger partial charge in [0.15, 0.2) is 5.82 Å². The molecule has 1 aromatic carbocycles. The van der Waals surface area contributed by atoms with Crippen LogP contribution in [0.5, 0.6) is 0 Å². The van der Waals surface area contributed by atoms with Crippen molar-refractivity contribution in [1.82, 2.24) is 20.3 Å². The van der Waals surface area contributed by atoms with Gasteiger partial charge >= 0.3 is 6.03 Å². The van der Waals surface area contributed by atoms with Gasteiger partial charge in [-0.25, -0.2) is 4.79 Å². The Morgan fingerprint density at radius 3 is 3.04 bits per heavy atom. The van der Waals surface area contributed by atoms with Gasteiger partial charge in [-0.1, -0.05) is 30.3 Å². The average molecular weight is 342 g/mol. The van der Waals surface area contributed by atoms with Crippen LogP contribution in [0, 0.1) is 0 Å². The number of fused-ring (bicyclic) bond motifs is 1. The van der Waals surface area contributed by atoms with Crippen LogP contribution in [-0.2, 0) is 13.0 Å². The fraction of sp³-hybridized carbons (Fsp3) is 0.500. The van der Waals surface area contributed by atoms with Crippen LogP contribution >= 0.6 is 0 Å². The minimum atomic E-state index is -0.234. The zero-order valence-corrected chi connectivity index (χ0v) is 14.7.